The molecule has 0 bridgehead atoms. The molecule has 1 atom stereocenters. The molecule has 0 fully saturated rings. The standard InChI is InChI=1S/C19H21FN4O3/c1-4-27-19(26)14-9-22-18-16(11(2)23-24(18)3)17(14)21-10-15(25)12-5-7-13(20)8-6-12/h5-9,15,25H,4,10H2,1-3H3,(H,21,22). The van der Waals surface area contributed by atoms with Gasteiger partial charge >= 0.3 is 5.97 Å². The molecule has 0 aliphatic carbocycles. The summed E-state index contributed by atoms with van der Waals surface area (Å²) in [5.41, 5.74) is 2.65. The van der Waals surface area contributed by atoms with Crippen LogP contribution in [0.15, 0.2) is 30.5 Å². The Morgan fingerprint density at radius 3 is 2.74 bits per heavy atom. The smallest absolute Gasteiger partial charge is 0.341 e. The number of ether oxygens (including phenoxy) is 1. The first-order chi connectivity index (χ1) is 12.9. The maximum absolute atomic E-state index is 13.1. The third-order valence-electron chi connectivity index (χ3n) is 4.25. The van der Waals surface area contributed by atoms with Crippen LogP contribution < -0.4 is 5.32 Å². The predicted octanol–water partition coefficient (Wildman–Crippen LogP) is 2.74. The Kier molecular flexibility index (Phi) is 5.36. The van der Waals surface area contributed by atoms with Crippen molar-refractivity contribution in [1.29, 1.82) is 0 Å². The number of hydrogen-bond acceptors (Lipinski definition) is 6. The highest BCUT2D eigenvalue weighted by molar-refractivity contribution is 6.05. The molecular formula is C19H21FN4O3. The first-order valence-electron chi connectivity index (χ1n) is 8.59. The Hall–Kier alpha value is -3.00. The minimum absolute atomic E-state index is 0.117. The molecule has 3 aromatic rings. The average Bonchev–Trinajstić information content (AvgIpc) is 2.94. The van der Waals surface area contributed by atoms with E-state index in [1.807, 2.05) is 6.92 Å². The number of aryl methyl sites for hydroxylation is 2. The van der Waals surface area contributed by atoms with Gasteiger partial charge in [0, 0.05) is 19.8 Å². The summed E-state index contributed by atoms with van der Waals surface area (Å²) in [4.78, 5) is 16.7. The maximum Gasteiger partial charge on any atom is 0.341 e. The first kappa shape index (κ1) is 18.8. The largest absolute Gasteiger partial charge is 0.462 e. The zero-order valence-corrected chi connectivity index (χ0v) is 15.4. The molecule has 0 spiro atoms. The number of fused-ring (bicyclic) bond motifs is 1. The highest BCUT2D eigenvalue weighted by atomic mass is 19.1. The van der Waals surface area contributed by atoms with Crippen LogP contribution >= 0.6 is 0 Å². The lowest BCUT2D eigenvalue weighted by Gasteiger charge is -2.16. The van der Waals surface area contributed by atoms with Crippen molar-refractivity contribution in [2.75, 3.05) is 18.5 Å². The number of esters is 1. The second-order valence-electron chi connectivity index (χ2n) is 6.12. The van der Waals surface area contributed by atoms with E-state index in [4.69, 9.17) is 4.74 Å². The van der Waals surface area contributed by atoms with Gasteiger partial charge in [-0.05, 0) is 31.5 Å². The number of hydrogen-bond donors (Lipinski definition) is 2. The highest BCUT2D eigenvalue weighted by Gasteiger charge is 2.21. The van der Waals surface area contributed by atoms with E-state index in [0.717, 1.165) is 0 Å². The van der Waals surface area contributed by atoms with Crippen LogP contribution in [0, 0.1) is 12.7 Å². The van der Waals surface area contributed by atoms with Crippen molar-refractivity contribution < 1.29 is 19.0 Å². The fourth-order valence-electron chi connectivity index (χ4n) is 2.96. The summed E-state index contributed by atoms with van der Waals surface area (Å²) in [7, 11) is 1.77. The number of aliphatic hydroxyl groups is 1. The predicted molar refractivity (Wildman–Crippen MR) is 99.1 cm³/mol. The molecule has 2 aromatic heterocycles. The lowest BCUT2D eigenvalue weighted by molar-refractivity contribution is 0.0527. The van der Waals surface area contributed by atoms with Crippen molar-refractivity contribution in [3.05, 3.63) is 53.1 Å². The molecular weight excluding hydrogens is 351 g/mol. The molecule has 0 radical (unpaired) electrons. The highest BCUT2D eigenvalue weighted by Crippen LogP contribution is 2.29. The summed E-state index contributed by atoms with van der Waals surface area (Å²) in [6.07, 6.45) is 0.550. The summed E-state index contributed by atoms with van der Waals surface area (Å²) < 4.78 is 19.8. The third kappa shape index (κ3) is 3.75. The molecule has 2 N–H and O–H groups in total. The lowest BCUT2D eigenvalue weighted by atomic mass is 10.1. The van der Waals surface area contributed by atoms with Crippen molar-refractivity contribution in [2.24, 2.45) is 7.05 Å². The van der Waals surface area contributed by atoms with Gasteiger partial charge in [0.2, 0.25) is 0 Å². The lowest BCUT2D eigenvalue weighted by Crippen LogP contribution is -2.16. The van der Waals surface area contributed by atoms with E-state index < -0.39 is 12.1 Å². The van der Waals surface area contributed by atoms with E-state index in [0.29, 0.717) is 28.0 Å². The van der Waals surface area contributed by atoms with Gasteiger partial charge in [-0.2, -0.15) is 5.10 Å². The van der Waals surface area contributed by atoms with Crippen molar-refractivity contribution in [3.63, 3.8) is 0 Å². The number of pyridine rings is 1. The van der Waals surface area contributed by atoms with E-state index in [-0.39, 0.29) is 24.5 Å². The molecule has 3 rings (SSSR count). The fraction of sp³-hybridized carbons (Fsp3) is 0.316. The molecule has 7 nitrogen and oxygen atoms in total. The van der Waals surface area contributed by atoms with Gasteiger partial charge in [-0.15, -0.1) is 0 Å². The molecule has 142 valence electrons. The number of rotatable bonds is 6. The molecule has 8 heteroatoms. The molecule has 0 saturated heterocycles. The summed E-state index contributed by atoms with van der Waals surface area (Å²) in [5.74, 6) is -0.876. The molecule has 1 unspecified atom stereocenters. The minimum Gasteiger partial charge on any atom is -0.462 e. The quantitative estimate of drug-likeness (QED) is 0.647. The number of anilines is 1. The number of carbonyl (C=O) groups is 1. The second kappa shape index (κ2) is 7.71. The van der Waals surface area contributed by atoms with Crippen LogP contribution in [0.5, 0.6) is 0 Å². The molecule has 0 aliphatic heterocycles. The Morgan fingerprint density at radius 2 is 2.07 bits per heavy atom. The number of carbonyl (C=O) groups excluding carboxylic acids is 1. The molecule has 0 aliphatic rings. The summed E-state index contributed by atoms with van der Waals surface area (Å²) >= 11 is 0. The van der Waals surface area contributed by atoms with Crippen molar-refractivity contribution in [2.45, 2.75) is 20.0 Å². The summed E-state index contributed by atoms with van der Waals surface area (Å²) in [6.45, 7) is 3.90. The fourth-order valence-corrected chi connectivity index (χ4v) is 2.96. The average molecular weight is 372 g/mol. The van der Waals surface area contributed by atoms with E-state index in [9.17, 15) is 14.3 Å². The van der Waals surface area contributed by atoms with Crippen LogP contribution in [0.4, 0.5) is 10.1 Å². The number of nitrogens with one attached hydrogen (secondary N) is 1. The van der Waals surface area contributed by atoms with Crippen LogP contribution in [0.1, 0.15) is 34.6 Å². The number of benzene rings is 1. The Balaban J connectivity index is 1.96. The van der Waals surface area contributed by atoms with Crippen LogP contribution in [0.2, 0.25) is 0 Å². The zero-order valence-electron chi connectivity index (χ0n) is 15.4. The van der Waals surface area contributed by atoms with Gasteiger partial charge in [-0.1, -0.05) is 12.1 Å². The zero-order chi connectivity index (χ0) is 19.6. The van der Waals surface area contributed by atoms with Crippen molar-refractivity contribution >= 4 is 22.7 Å². The Bertz CT molecular complexity index is 969. The third-order valence-corrected chi connectivity index (χ3v) is 4.25. The number of nitrogens with zero attached hydrogens (tertiary/aromatic N) is 3. The van der Waals surface area contributed by atoms with Gasteiger partial charge in [0.1, 0.15) is 11.4 Å². The normalized spacial score (nSPS) is 12.2. The van der Waals surface area contributed by atoms with Crippen molar-refractivity contribution in [3.8, 4) is 0 Å². The molecule has 1 aromatic carbocycles. The number of aromatic nitrogens is 3. The SMILES string of the molecule is CCOC(=O)c1cnc2c(c(C)nn2C)c1NCC(O)c1ccc(F)cc1. The summed E-state index contributed by atoms with van der Waals surface area (Å²) in [6, 6.07) is 5.62. The van der Waals surface area contributed by atoms with Crippen molar-refractivity contribution in [1.82, 2.24) is 14.8 Å². The van der Waals surface area contributed by atoms with E-state index in [1.165, 1.54) is 30.5 Å². The first-order valence-corrected chi connectivity index (χ1v) is 8.59. The van der Waals surface area contributed by atoms with Crippen LogP contribution in [-0.2, 0) is 11.8 Å². The monoisotopic (exact) mass is 372 g/mol. The Morgan fingerprint density at radius 1 is 1.37 bits per heavy atom. The van der Waals surface area contributed by atoms with Gasteiger partial charge in [0.05, 0.1) is 29.5 Å². The van der Waals surface area contributed by atoms with E-state index in [1.54, 1.807) is 18.7 Å². The van der Waals surface area contributed by atoms with Gasteiger partial charge < -0.3 is 15.2 Å². The topological polar surface area (TPSA) is 89.3 Å². The van der Waals surface area contributed by atoms with Gasteiger partial charge in [-0.25, -0.2) is 14.2 Å². The van der Waals surface area contributed by atoms with E-state index >= 15 is 0 Å². The van der Waals surface area contributed by atoms with Crippen LogP contribution in [0.3, 0.4) is 0 Å². The van der Waals surface area contributed by atoms with Gasteiger partial charge in [0.25, 0.3) is 0 Å². The molecule has 2 heterocycles. The Labute approximate surface area is 155 Å². The maximum atomic E-state index is 13.1. The number of halogens is 1. The molecule has 0 saturated carbocycles. The molecule has 0 amide bonds. The number of aliphatic hydroxyl groups excluding tert-OH is 1. The van der Waals surface area contributed by atoms with Gasteiger partial charge in [-0.3, -0.25) is 4.68 Å². The van der Waals surface area contributed by atoms with Crippen LogP contribution in [-0.4, -0.2) is 39.0 Å². The van der Waals surface area contributed by atoms with E-state index in [2.05, 4.69) is 15.4 Å². The minimum atomic E-state index is -0.888. The van der Waals surface area contributed by atoms with Gasteiger partial charge in [0.15, 0.2) is 5.65 Å². The molecule has 27 heavy (non-hydrogen) atoms. The second-order valence-corrected chi connectivity index (χ2v) is 6.12. The van der Waals surface area contributed by atoms with Crippen LogP contribution in [0.25, 0.3) is 11.0 Å². The summed E-state index contributed by atoms with van der Waals surface area (Å²) in [5, 5.41) is 18.6.